The van der Waals surface area contributed by atoms with Crippen LogP contribution in [-0.2, 0) is 28.7 Å². The predicted octanol–water partition coefficient (Wildman–Crippen LogP) is -0.569. The lowest BCUT2D eigenvalue weighted by molar-refractivity contribution is -0.784. The van der Waals surface area contributed by atoms with Crippen molar-refractivity contribution in [1.82, 2.24) is 9.88 Å². The number of imide groups is 1. The van der Waals surface area contributed by atoms with Gasteiger partial charge in [-0.25, -0.2) is 19.4 Å². The number of aromatic nitrogens is 1. The molecule has 2 unspecified atom stereocenters. The van der Waals surface area contributed by atoms with Crippen LogP contribution < -0.4 is 11.5 Å². The van der Waals surface area contributed by atoms with E-state index in [2.05, 4.69) is 4.98 Å². The number of carbonyl (C=O) groups is 5. The van der Waals surface area contributed by atoms with Crippen LogP contribution in [0.5, 0.6) is 0 Å². The molecule has 2 aliphatic heterocycles. The Morgan fingerprint density at radius 3 is 2.62 bits per heavy atom. The Morgan fingerprint density at radius 1 is 1.41 bits per heavy atom. The zero-order valence-electron chi connectivity index (χ0n) is 17.9. The number of thiazole rings is 1. The summed E-state index contributed by atoms with van der Waals surface area (Å²) >= 11 is 1.31. The summed E-state index contributed by atoms with van der Waals surface area (Å²) in [5.41, 5.74) is 13.8. The second-order valence-corrected chi connectivity index (χ2v) is 8.70. The van der Waals surface area contributed by atoms with Gasteiger partial charge in [0.25, 0.3) is 5.91 Å². The van der Waals surface area contributed by atoms with E-state index in [-0.39, 0.29) is 13.0 Å². The van der Waals surface area contributed by atoms with Crippen LogP contribution in [0.1, 0.15) is 38.8 Å². The number of esters is 1. The normalized spacial score (nSPS) is 30.6. The molecule has 0 aliphatic carbocycles. The van der Waals surface area contributed by atoms with Crippen molar-refractivity contribution < 1.29 is 37.9 Å². The van der Waals surface area contributed by atoms with Crippen LogP contribution in [0.15, 0.2) is 10.9 Å². The first-order chi connectivity index (χ1) is 15.0. The zero-order chi connectivity index (χ0) is 23.8. The van der Waals surface area contributed by atoms with Crippen molar-refractivity contribution in [3.63, 3.8) is 0 Å². The van der Waals surface area contributed by atoms with Crippen LogP contribution in [0, 0.1) is 0 Å². The van der Waals surface area contributed by atoms with Crippen molar-refractivity contribution in [1.29, 1.82) is 0 Å². The number of ether oxygens (including phenoxy) is 2. The molecule has 0 spiro atoms. The third-order valence-electron chi connectivity index (χ3n) is 5.91. The largest absolute Gasteiger partial charge is 0.444 e. The summed E-state index contributed by atoms with van der Waals surface area (Å²) < 4.78 is 9.11. The molecule has 4 amide bonds. The van der Waals surface area contributed by atoms with Gasteiger partial charge in [0, 0.05) is 18.7 Å². The van der Waals surface area contributed by atoms with Gasteiger partial charge in [-0.05, 0) is 13.8 Å². The summed E-state index contributed by atoms with van der Waals surface area (Å²) in [6.45, 7) is 3.46. The highest BCUT2D eigenvalue weighted by Crippen LogP contribution is 2.41. The van der Waals surface area contributed by atoms with E-state index in [1.54, 1.807) is 10.9 Å². The molecule has 2 aliphatic rings. The fraction of sp³-hybridized carbons (Fsp3) is 0.579. The van der Waals surface area contributed by atoms with E-state index >= 15 is 0 Å². The fourth-order valence-corrected chi connectivity index (χ4v) is 5.18. The molecule has 3 heterocycles. The topological polar surface area (TPSA) is 172 Å². The van der Waals surface area contributed by atoms with Crippen molar-refractivity contribution in [2.24, 2.45) is 11.5 Å². The fourth-order valence-electron chi connectivity index (χ4n) is 4.57. The molecule has 2 fully saturated rings. The smallest absolute Gasteiger partial charge is 0.413 e. The van der Waals surface area contributed by atoms with Gasteiger partial charge in [-0.15, -0.1) is 11.3 Å². The molecule has 32 heavy (non-hydrogen) atoms. The van der Waals surface area contributed by atoms with Crippen LogP contribution in [-0.4, -0.2) is 81.7 Å². The molecular formula is C19H26N5O7S+. The lowest BCUT2D eigenvalue weighted by Crippen LogP contribution is -2.71. The summed E-state index contributed by atoms with van der Waals surface area (Å²) in [4.78, 5) is 68.9. The van der Waals surface area contributed by atoms with Gasteiger partial charge >= 0.3 is 23.9 Å². The van der Waals surface area contributed by atoms with Gasteiger partial charge in [-0.2, -0.15) is 4.48 Å². The number of likely N-dealkylation sites (tertiary alicyclic amines) is 1. The number of cyclic esters (lactones) is 1. The second kappa shape index (κ2) is 8.92. The minimum Gasteiger partial charge on any atom is -0.444 e. The summed E-state index contributed by atoms with van der Waals surface area (Å²) in [6.07, 6.45) is -1.57. The lowest BCUT2D eigenvalue weighted by Gasteiger charge is -2.38. The van der Waals surface area contributed by atoms with Crippen molar-refractivity contribution in [2.75, 3.05) is 13.3 Å². The van der Waals surface area contributed by atoms with E-state index < -0.39 is 71.1 Å². The molecular weight excluding hydrogens is 442 g/mol. The molecule has 2 saturated heterocycles. The van der Waals surface area contributed by atoms with Crippen LogP contribution in [0.2, 0.25) is 0 Å². The highest BCUT2D eigenvalue weighted by molar-refractivity contribution is 7.07. The van der Waals surface area contributed by atoms with Gasteiger partial charge < -0.3 is 20.9 Å². The van der Waals surface area contributed by atoms with Crippen molar-refractivity contribution >= 4 is 41.1 Å². The number of rotatable bonds is 6. The number of nitrogens with zero attached hydrogens (tertiary/aromatic N) is 3. The summed E-state index contributed by atoms with van der Waals surface area (Å²) in [6, 6.07) is -3.65. The maximum absolute atomic E-state index is 14.0. The maximum Gasteiger partial charge on any atom is 0.413 e. The van der Waals surface area contributed by atoms with Crippen LogP contribution in [0.3, 0.4) is 0 Å². The number of carbonyl (C=O) groups excluding carboxylic acids is 5. The molecule has 0 aromatic carbocycles. The van der Waals surface area contributed by atoms with E-state index in [9.17, 15) is 24.0 Å². The quantitative estimate of drug-likeness (QED) is 0.409. The van der Waals surface area contributed by atoms with E-state index in [1.165, 1.54) is 25.2 Å². The molecule has 13 heteroatoms. The molecule has 12 nitrogen and oxygen atoms in total. The van der Waals surface area contributed by atoms with Gasteiger partial charge in [0.2, 0.25) is 0 Å². The predicted molar refractivity (Wildman–Crippen MR) is 109 cm³/mol. The molecule has 174 valence electrons. The van der Waals surface area contributed by atoms with Crippen molar-refractivity contribution in [2.45, 2.75) is 57.3 Å². The number of amides is 4. The molecule has 0 saturated carbocycles. The van der Waals surface area contributed by atoms with Gasteiger partial charge in [-0.3, -0.25) is 14.5 Å². The monoisotopic (exact) mass is 468 g/mol. The van der Waals surface area contributed by atoms with E-state index in [0.29, 0.717) is 5.69 Å². The average molecular weight is 469 g/mol. The summed E-state index contributed by atoms with van der Waals surface area (Å²) in [5.74, 6) is -3.57. The van der Waals surface area contributed by atoms with E-state index in [1.807, 2.05) is 0 Å². The number of hydrogen-bond donors (Lipinski definition) is 2. The first kappa shape index (κ1) is 23.8. The minimum absolute atomic E-state index is 0.0478. The lowest BCUT2D eigenvalue weighted by atomic mass is 9.94. The number of quaternary nitrogens is 1. The Labute approximate surface area is 188 Å². The summed E-state index contributed by atoms with van der Waals surface area (Å²) in [5, 5.41) is 1.74. The van der Waals surface area contributed by atoms with Crippen LogP contribution in [0.4, 0.5) is 4.79 Å². The Bertz CT molecular complexity index is 937. The molecule has 0 radical (unpaired) electrons. The first-order valence-corrected chi connectivity index (χ1v) is 11.0. The average Bonchev–Trinajstić information content (AvgIpc) is 3.42. The number of primary amides is 1. The third kappa shape index (κ3) is 3.87. The van der Waals surface area contributed by atoms with Gasteiger partial charge in [-0.1, -0.05) is 0 Å². The Kier molecular flexibility index (Phi) is 6.62. The third-order valence-corrected chi connectivity index (χ3v) is 6.51. The SMILES string of the molecule is CC(=O)OCN1C(=O)OC(C)C1C(=O)[N@@+]1(C(=O)[C@H](C)N)CC[C@H](c2cscn2)[C@H]1C(N)=O. The Hall–Kier alpha value is -2.90. The van der Waals surface area contributed by atoms with Crippen molar-refractivity contribution in [3.8, 4) is 0 Å². The minimum atomic E-state index is -1.29. The molecule has 6 atom stereocenters. The van der Waals surface area contributed by atoms with Gasteiger partial charge in [0.05, 0.1) is 23.7 Å². The van der Waals surface area contributed by atoms with E-state index in [4.69, 9.17) is 20.9 Å². The number of nitrogens with two attached hydrogens (primary N) is 2. The van der Waals surface area contributed by atoms with Gasteiger partial charge in [0.1, 0.15) is 12.1 Å². The molecule has 0 bridgehead atoms. The zero-order valence-corrected chi connectivity index (χ0v) is 18.7. The maximum atomic E-state index is 14.0. The Morgan fingerprint density at radius 2 is 2.09 bits per heavy atom. The first-order valence-electron chi connectivity index (χ1n) is 10.0. The highest BCUT2D eigenvalue weighted by Gasteiger charge is 2.66. The Balaban J connectivity index is 2.09. The highest BCUT2D eigenvalue weighted by atomic mass is 32.1. The van der Waals surface area contributed by atoms with Gasteiger partial charge in [0.15, 0.2) is 18.8 Å². The van der Waals surface area contributed by atoms with E-state index in [0.717, 1.165) is 11.8 Å². The van der Waals surface area contributed by atoms with Crippen LogP contribution in [0.25, 0.3) is 0 Å². The standard InChI is InChI=1S/C19H25N5O7S/c1-9(20)17(27)24(5-4-12(15(24)16(21)26)13-6-32-7-22-13)18(28)14-10(2)31-19(29)23(14)8-30-11(3)25/h6-7,9-10,12,14-15H,4-5,8,20H2,1-3H3,(H-,21,26)/p+1/t9-,10?,12+,14?,15-,24-/m0/s1. The second-order valence-electron chi connectivity index (χ2n) is 7.98. The molecule has 1 aromatic heterocycles. The molecule has 3 rings (SSSR count). The molecule has 1 aromatic rings. The van der Waals surface area contributed by atoms with Crippen molar-refractivity contribution in [3.05, 3.63) is 16.6 Å². The molecule has 4 N–H and O–H groups in total. The van der Waals surface area contributed by atoms with Crippen LogP contribution >= 0.6 is 11.3 Å². The summed E-state index contributed by atoms with van der Waals surface area (Å²) in [7, 11) is 0. The number of hydrogen-bond acceptors (Lipinski definition) is 10.